The number of rotatable bonds is 7. The summed E-state index contributed by atoms with van der Waals surface area (Å²) in [7, 11) is 0. The molecule has 0 unspecified atom stereocenters. The molecule has 5 rings (SSSR count). The summed E-state index contributed by atoms with van der Waals surface area (Å²) in [6, 6.07) is 5.09. The first-order valence-corrected chi connectivity index (χ1v) is 15.1. The molecule has 10 heteroatoms. The standard InChI is InChI=1S/C33H43NO9/c1-18(2)16-39-17-32(6)24-14-26(41-20(4)36)33(7)29(31(24,5)11-10-25(32)40-19(3)35)28(37)27-23(43-33)13-22(42-30(27)38)21-9-8-12-34-15-21/h8-9,12-13,15,18,24-26,28-29,37H,10-11,14,16-17H2,1-7H3/t24-,25+,26+,28+,29-,31+,32+,33-/m1/s1. The fourth-order valence-corrected chi connectivity index (χ4v) is 8.30. The number of hydrogen-bond donors (Lipinski definition) is 1. The number of fused-ring (bicyclic) bond motifs is 4. The van der Waals surface area contributed by atoms with E-state index >= 15 is 0 Å². The molecule has 1 N–H and O–H groups in total. The third kappa shape index (κ3) is 5.37. The smallest absolute Gasteiger partial charge is 0.345 e. The maximum atomic E-state index is 13.5. The molecule has 10 nitrogen and oxygen atoms in total. The molecule has 0 spiro atoms. The van der Waals surface area contributed by atoms with Gasteiger partial charge < -0.3 is 28.5 Å². The lowest BCUT2D eigenvalue weighted by Crippen LogP contribution is -2.71. The number of carbonyl (C=O) groups excluding carboxylic acids is 2. The number of carbonyl (C=O) groups is 2. The van der Waals surface area contributed by atoms with Crippen molar-refractivity contribution in [1.82, 2.24) is 4.98 Å². The van der Waals surface area contributed by atoms with Crippen molar-refractivity contribution >= 4 is 11.9 Å². The summed E-state index contributed by atoms with van der Waals surface area (Å²) in [5, 5.41) is 12.1. The molecule has 2 saturated carbocycles. The number of ether oxygens (including phenoxy) is 4. The summed E-state index contributed by atoms with van der Waals surface area (Å²) >= 11 is 0. The van der Waals surface area contributed by atoms with Crippen LogP contribution in [0.1, 0.15) is 79.4 Å². The Bertz CT molecular complexity index is 1420. The van der Waals surface area contributed by atoms with Crippen molar-refractivity contribution in [3.05, 3.63) is 46.6 Å². The van der Waals surface area contributed by atoms with E-state index in [2.05, 4.69) is 32.7 Å². The molecule has 1 aliphatic heterocycles. The Morgan fingerprint density at radius 2 is 1.84 bits per heavy atom. The lowest BCUT2D eigenvalue weighted by Gasteiger charge is -2.66. The Hall–Kier alpha value is -3.24. The van der Waals surface area contributed by atoms with Crippen LogP contribution in [0.25, 0.3) is 11.3 Å². The van der Waals surface area contributed by atoms with Gasteiger partial charge in [0.1, 0.15) is 34.9 Å². The van der Waals surface area contributed by atoms with Crippen LogP contribution in [-0.2, 0) is 23.8 Å². The molecule has 3 aliphatic rings. The predicted octanol–water partition coefficient (Wildman–Crippen LogP) is 4.86. The van der Waals surface area contributed by atoms with Gasteiger partial charge in [-0.2, -0.15) is 0 Å². The minimum Gasteiger partial charge on any atom is -0.482 e. The Morgan fingerprint density at radius 1 is 1.14 bits per heavy atom. The van der Waals surface area contributed by atoms with Gasteiger partial charge in [0.15, 0.2) is 0 Å². The second-order valence-corrected chi connectivity index (χ2v) is 13.6. The highest BCUT2D eigenvalue weighted by Gasteiger charge is 2.70. The van der Waals surface area contributed by atoms with Crippen LogP contribution >= 0.6 is 0 Å². The first-order chi connectivity index (χ1) is 20.2. The van der Waals surface area contributed by atoms with E-state index in [0.717, 1.165) is 0 Å². The molecule has 8 atom stereocenters. The fourth-order valence-electron chi connectivity index (χ4n) is 8.30. The van der Waals surface area contributed by atoms with Crippen LogP contribution in [0.2, 0.25) is 0 Å². The van der Waals surface area contributed by atoms with Gasteiger partial charge in [0.25, 0.3) is 0 Å². The maximum absolute atomic E-state index is 13.5. The van der Waals surface area contributed by atoms with Crippen molar-refractivity contribution in [3.8, 4) is 17.1 Å². The highest BCUT2D eigenvalue weighted by atomic mass is 16.6. The summed E-state index contributed by atoms with van der Waals surface area (Å²) in [6.45, 7) is 13.7. The number of aromatic nitrogens is 1. The third-order valence-electron chi connectivity index (χ3n) is 10.0. The van der Waals surface area contributed by atoms with Gasteiger partial charge in [-0.05, 0) is 55.6 Å². The number of aliphatic hydroxyl groups excluding tert-OH is 1. The number of pyridine rings is 1. The van der Waals surface area contributed by atoms with Crippen LogP contribution in [0.4, 0.5) is 0 Å². The molecular formula is C33H43NO9. The lowest BCUT2D eigenvalue weighted by molar-refractivity contribution is -0.272. The predicted molar refractivity (Wildman–Crippen MR) is 156 cm³/mol. The molecule has 0 aromatic carbocycles. The summed E-state index contributed by atoms with van der Waals surface area (Å²) in [4.78, 5) is 42.3. The van der Waals surface area contributed by atoms with E-state index in [9.17, 15) is 19.5 Å². The zero-order valence-electron chi connectivity index (χ0n) is 26.0. The summed E-state index contributed by atoms with van der Waals surface area (Å²) in [6.07, 6.45) is 2.21. The summed E-state index contributed by atoms with van der Waals surface area (Å²) in [5.41, 5.74) is -2.56. The fraction of sp³-hybridized carbons (Fsp3) is 0.636. The highest BCUT2D eigenvalue weighted by molar-refractivity contribution is 5.67. The van der Waals surface area contributed by atoms with E-state index in [1.807, 2.05) is 6.92 Å². The van der Waals surface area contributed by atoms with Crippen molar-refractivity contribution in [3.63, 3.8) is 0 Å². The average molecular weight is 598 g/mol. The first-order valence-electron chi connectivity index (χ1n) is 15.1. The van der Waals surface area contributed by atoms with Gasteiger partial charge in [-0.25, -0.2) is 4.79 Å². The van der Waals surface area contributed by atoms with Crippen LogP contribution in [-0.4, -0.2) is 53.1 Å². The van der Waals surface area contributed by atoms with Gasteiger partial charge in [0, 0.05) is 55.8 Å². The number of hydrogen-bond acceptors (Lipinski definition) is 10. The van der Waals surface area contributed by atoms with Crippen molar-refractivity contribution in [2.45, 2.75) is 91.6 Å². The van der Waals surface area contributed by atoms with Gasteiger partial charge >= 0.3 is 17.6 Å². The van der Waals surface area contributed by atoms with E-state index in [0.29, 0.717) is 44.0 Å². The SMILES string of the molecule is CC(=O)O[C@H]1CC[C@@]2(C)[C@@H](C[C@H](OC(C)=O)[C@@]3(C)Oc4cc(-c5cccnc5)oc(=O)c4[C@H](O)[C@H]23)[C@]1(C)COCC(C)C. The van der Waals surface area contributed by atoms with E-state index in [1.54, 1.807) is 30.6 Å². The number of aliphatic hydroxyl groups is 1. The largest absolute Gasteiger partial charge is 0.482 e. The Labute approximate surface area is 252 Å². The van der Waals surface area contributed by atoms with Crippen LogP contribution in [0.3, 0.4) is 0 Å². The quantitative estimate of drug-likeness (QED) is 0.441. The van der Waals surface area contributed by atoms with Gasteiger partial charge in [-0.1, -0.05) is 27.7 Å². The number of esters is 2. The second-order valence-electron chi connectivity index (χ2n) is 13.6. The van der Waals surface area contributed by atoms with Crippen LogP contribution in [0.5, 0.6) is 5.75 Å². The molecule has 3 heterocycles. The number of nitrogens with zero attached hydrogens (tertiary/aromatic N) is 1. The van der Waals surface area contributed by atoms with Crippen molar-refractivity contribution in [2.75, 3.05) is 13.2 Å². The van der Waals surface area contributed by atoms with Gasteiger partial charge in [0.2, 0.25) is 0 Å². The normalized spacial score (nSPS) is 34.8. The van der Waals surface area contributed by atoms with Crippen LogP contribution in [0.15, 0.2) is 39.8 Å². The summed E-state index contributed by atoms with van der Waals surface area (Å²) < 4.78 is 30.5. The van der Waals surface area contributed by atoms with E-state index < -0.39 is 52.3 Å². The van der Waals surface area contributed by atoms with E-state index in [1.165, 1.54) is 13.8 Å². The van der Waals surface area contributed by atoms with Crippen molar-refractivity contribution < 1.29 is 38.1 Å². The topological polar surface area (TPSA) is 134 Å². The molecule has 0 bridgehead atoms. The molecule has 2 aromatic rings. The molecule has 43 heavy (non-hydrogen) atoms. The Kier molecular flexibility index (Phi) is 8.24. The molecular weight excluding hydrogens is 554 g/mol. The minimum absolute atomic E-state index is 0.0402. The van der Waals surface area contributed by atoms with Crippen molar-refractivity contribution in [2.24, 2.45) is 28.6 Å². The molecule has 0 amide bonds. The third-order valence-corrected chi connectivity index (χ3v) is 10.0. The second kappa shape index (κ2) is 11.4. The molecule has 234 valence electrons. The van der Waals surface area contributed by atoms with E-state index in [4.69, 9.17) is 23.4 Å². The van der Waals surface area contributed by atoms with E-state index in [-0.39, 0.29) is 29.0 Å². The molecule has 2 aromatic heterocycles. The minimum atomic E-state index is -1.27. The Morgan fingerprint density at radius 3 is 2.47 bits per heavy atom. The van der Waals surface area contributed by atoms with Crippen molar-refractivity contribution in [1.29, 1.82) is 0 Å². The maximum Gasteiger partial charge on any atom is 0.345 e. The van der Waals surface area contributed by atoms with Gasteiger partial charge in [-0.15, -0.1) is 0 Å². The lowest BCUT2D eigenvalue weighted by atomic mass is 9.42. The zero-order chi connectivity index (χ0) is 31.3. The summed E-state index contributed by atoms with van der Waals surface area (Å²) in [5.74, 6) is -0.997. The highest BCUT2D eigenvalue weighted by Crippen LogP contribution is 2.67. The molecule has 2 fully saturated rings. The van der Waals surface area contributed by atoms with Crippen LogP contribution in [0, 0.1) is 28.6 Å². The average Bonchev–Trinajstić information content (AvgIpc) is 2.91. The zero-order valence-corrected chi connectivity index (χ0v) is 26.0. The molecule has 0 saturated heterocycles. The first kappa shape index (κ1) is 31.2. The monoisotopic (exact) mass is 597 g/mol. The Balaban J connectivity index is 1.64. The van der Waals surface area contributed by atoms with Gasteiger partial charge in [-0.3, -0.25) is 14.6 Å². The molecule has 2 aliphatic carbocycles. The molecule has 0 radical (unpaired) electrons. The van der Waals surface area contributed by atoms with Gasteiger partial charge in [0.05, 0.1) is 12.7 Å². The van der Waals surface area contributed by atoms with Crippen LogP contribution < -0.4 is 10.4 Å².